The van der Waals surface area contributed by atoms with Crippen molar-refractivity contribution in [2.24, 2.45) is 0 Å². The topological polar surface area (TPSA) is 135 Å². The van der Waals surface area contributed by atoms with Crippen LogP contribution in [0.5, 0.6) is 17.2 Å². The molecule has 0 bridgehead atoms. The highest BCUT2D eigenvalue weighted by atomic mass is 16.5. The van der Waals surface area contributed by atoms with Crippen LogP contribution in [0.3, 0.4) is 0 Å². The average molecular weight is 460 g/mol. The molecular weight excluding hydrogens is 436 g/mol. The number of anilines is 2. The molecule has 0 fully saturated rings. The summed E-state index contributed by atoms with van der Waals surface area (Å²) >= 11 is 0. The number of aromatic amines is 1. The molecule has 0 atom stereocenters. The maximum absolute atomic E-state index is 7.83. The molecule has 0 aliphatic heterocycles. The summed E-state index contributed by atoms with van der Waals surface area (Å²) in [7, 11) is 4.66. The van der Waals surface area contributed by atoms with E-state index in [0.29, 0.717) is 46.0 Å². The Kier molecular flexibility index (Phi) is 6.44. The highest BCUT2D eigenvalue weighted by molar-refractivity contribution is 5.86. The van der Waals surface area contributed by atoms with Crippen LogP contribution in [0.25, 0.3) is 17.1 Å². The minimum atomic E-state index is 0.478. The highest BCUT2D eigenvalue weighted by Crippen LogP contribution is 2.40. The summed E-state index contributed by atoms with van der Waals surface area (Å²) in [4.78, 5) is 0. The summed E-state index contributed by atoms with van der Waals surface area (Å²) in [5, 5.41) is 28.4. The lowest BCUT2D eigenvalue weighted by atomic mass is 10.2. The largest absolute Gasteiger partial charge is 0.493 e. The number of benzene rings is 2. The third kappa shape index (κ3) is 4.39. The monoisotopic (exact) mass is 460 g/mol. The number of nitrogens with one attached hydrogen (secondary N) is 4. The Balaban J connectivity index is 1.62. The van der Waals surface area contributed by atoms with E-state index >= 15 is 0 Å². The minimum Gasteiger partial charge on any atom is -0.493 e. The van der Waals surface area contributed by atoms with Crippen molar-refractivity contribution in [3.63, 3.8) is 0 Å². The predicted octanol–water partition coefficient (Wildman–Crippen LogP) is 3.68. The van der Waals surface area contributed by atoms with Gasteiger partial charge < -0.3 is 34.8 Å². The fourth-order valence-electron chi connectivity index (χ4n) is 3.49. The lowest BCUT2D eigenvalue weighted by molar-refractivity contribution is 0.324. The summed E-state index contributed by atoms with van der Waals surface area (Å²) in [5.74, 6) is 3.15. The number of tetrazole rings is 1. The van der Waals surface area contributed by atoms with Crippen LogP contribution in [-0.4, -0.2) is 52.7 Å². The number of hydrogen-bond donors (Lipinski definition) is 4. The first-order chi connectivity index (χ1) is 16.6. The molecule has 11 nitrogen and oxygen atoms in total. The van der Waals surface area contributed by atoms with Crippen LogP contribution in [0.4, 0.5) is 11.5 Å². The Bertz CT molecular complexity index is 1290. The Hall–Kier alpha value is -4.80. The summed E-state index contributed by atoms with van der Waals surface area (Å²) in [6.45, 7) is 4.09. The van der Waals surface area contributed by atoms with E-state index in [1.807, 2.05) is 41.1 Å². The van der Waals surface area contributed by atoms with Crippen LogP contribution in [0, 0.1) is 5.41 Å². The summed E-state index contributed by atoms with van der Waals surface area (Å²) in [6, 6.07) is 13.1. The summed E-state index contributed by atoms with van der Waals surface area (Å²) in [5.41, 5.74) is 3.01. The van der Waals surface area contributed by atoms with Crippen molar-refractivity contribution in [2.45, 2.75) is 0 Å². The molecule has 0 spiro atoms. The predicted molar refractivity (Wildman–Crippen MR) is 129 cm³/mol. The van der Waals surface area contributed by atoms with E-state index in [1.54, 1.807) is 33.5 Å². The number of nitrogens with zero attached hydrogens (tertiary/aromatic N) is 4. The highest BCUT2D eigenvalue weighted by Gasteiger charge is 2.15. The summed E-state index contributed by atoms with van der Waals surface area (Å²) in [6.07, 6.45) is 3.14. The van der Waals surface area contributed by atoms with Gasteiger partial charge in [-0.2, -0.15) is 5.21 Å². The quantitative estimate of drug-likeness (QED) is 0.263. The number of methoxy groups -OCH3 is 3. The zero-order valence-electron chi connectivity index (χ0n) is 18.9. The van der Waals surface area contributed by atoms with Gasteiger partial charge in [-0.3, -0.25) is 0 Å². The first-order valence-electron chi connectivity index (χ1n) is 10.2. The van der Waals surface area contributed by atoms with Gasteiger partial charge in [0.25, 0.3) is 0 Å². The molecule has 0 unspecified atom stereocenters. The van der Waals surface area contributed by atoms with E-state index in [2.05, 4.69) is 37.8 Å². The van der Waals surface area contributed by atoms with Gasteiger partial charge >= 0.3 is 0 Å². The third-order valence-electron chi connectivity index (χ3n) is 5.03. The van der Waals surface area contributed by atoms with E-state index in [4.69, 9.17) is 19.6 Å². The van der Waals surface area contributed by atoms with Crippen molar-refractivity contribution in [1.29, 1.82) is 5.41 Å². The molecule has 0 amide bonds. The van der Waals surface area contributed by atoms with Gasteiger partial charge in [-0.25, -0.2) is 0 Å². The Morgan fingerprint density at radius 2 is 1.82 bits per heavy atom. The SMILES string of the molecule is C=C(Nc1cc(OC)c(OC)c(OC)c1)Nc1c(C=N)ccn1-c1cccc(-c2nn[nH]n2)c1. The molecule has 174 valence electrons. The molecule has 2 aromatic carbocycles. The van der Waals surface area contributed by atoms with Crippen molar-refractivity contribution in [3.8, 4) is 34.3 Å². The van der Waals surface area contributed by atoms with Gasteiger partial charge in [0.1, 0.15) is 11.6 Å². The zero-order valence-corrected chi connectivity index (χ0v) is 18.9. The Morgan fingerprint density at radius 3 is 2.44 bits per heavy atom. The number of aromatic nitrogens is 5. The van der Waals surface area contributed by atoms with E-state index in [-0.39, 0.29) is 0 Å². The molecule has 0 aliphatic carbocycles. The summed E-state index contributed by atoms with van der Waals surface area (Å²) < 4.78 is 18.1. The molecule has 0 radical (unpaired) electrons. The fraction of sp³-hybridized carbons (Fsp3) is 0.130. The molecule has 4 aromatic rings. The molecule has 0 saturated carbocycles. The number of rotatable bonds is 10. The van der Waals surface area contributed by atoms with Crippen molar-refractivity contribution in [1.82, 2.24) is 25.2 Å². The Morgan fingerprint density at radius 1 is 1.06 bits per heavy atom. The van der Waals surface area contributed by atoms with E-state index in [9.17, 15) is 0 Å². The fourth-order valence-corrected chi connectivity index (χ4v) is 3.49. The maximum Gasteiger partial charge on any atom is 0.204 e. The van der Waals surface area contributed by atoms with E-state index in [0.717, 1.165) is 11.3 Å². The molecule has 2 heterocycles. The first-order valence-corrected chi connectivity index (χ1v) is 10.2. The van der Waals surface area contributed by atoms with Crippen LogP contribution < -0.4 is 24.8 Å². The number of hydrogen-bond acceptors (Lipinski definition) is 9. The molecular formula is C23H24N8O3. The van der Waals surface area contributed by atoms with Gasteiger partial charge in [0.2, 0.25) is 11.6 Å². The van der Waals surface area contributed by atoms with Crippen molar-refractivity contribution >= 4 is 17.7 Å². The lowest BCUT2D eigenvalue weighted by Crippen LogP contribution is -2.12. The molecule has 4 rings (SSSR count). The average Bonchev–Trinajstić information content (AvgIpc) is 3.53. The normalized spacial score (nSPS) is 10.4. The standard InChI is InChI=1S/C23H24N8O3/c1-14(25-17-11-19(32-2)21(34-4)20(12-17)33-3)26-23-16(13-24)8-9-31(23)18-7-5-6-15(10-18)22-27-29-30-28-22/h5-13,24-26H,1H2,2-4H3,(H,27,28,29,30). The van der Waals surface area contributed by atoms with Crippen molar-refractivity contribution in [3.05, 3.63) is 66.6 Å². The molecule has 11 heteroatoms. The van der Waals surface area contributed by atoms with Gasteiger partial charge in [-0.1, -0.05) is 18.7 Å². The van der Waals surface area contributed by atoms with Crippen LogP contribution in [0.15, 0.2) is 61.1 Å². The molecule has 4 N–H and O–H groups in total. The van der Waals surface area contributed by atoms with Gasteiger partial charge in [-0.05, 0) is 23.4 Å². The van der Waals surface area contributed by atoms with Gasteiger partial charge in [0.05, 0.1) is 21.3 Å². The van der Waals surface area contributed by atoms with Crippen LogP contribution in [0.2, 0.25) is 0 Å². The molecule has 0 saturated heterocycles. The van der Waals surface area contributed by atoms with E-state index < -0.39 is 0 Å². The smallest absolute Gasteiger partial charge is 0.204 e. The third-order valence-corrected chi connectivity index (χ3v) is 5.03. The lowest BCUT2D eigenvalue weighted by Gasteiger charge is -2.18. The van der Waals surface area contributed by atoms with Crippen molar-refractivity contribution < 1.29 is 14.2 Å². The minimum absolute atomic E-state index is 0.478. The van der Waals surface area contributed by atoms with Crippen LogP contribution >= 0.6 is 0 Å². The molecule has 34 heavy (non-hydrogen) atoms. The van der Waals surface area contributed by atoms with Crippen LogP contribution in [0.1, 0.15) is 5.56 Å². The van der Waals surface area contributed by atoms with Gasteiger partial charge in [0.15, 0.2) is 11.5 Å². The van der Waals surface area contributed by atoms with Gasteiger partial charge in [-0.15, -0.1) is 10.2 Å². The second-order valence-corrected chi connectivity index (χ2v) is 7.06. The van der Waals surface area contributed by atoms with Crippen LogP contribution in [-0.2, 0) is 0 Å². The second-order valence-electron chi connectivity index (χ2n) is 7.06. The molecule has 2 aromatic heterocycles. The van der Waals surface area contributed by atoms with Crippen molar-refractivity contribution in [2.75, 3.05) is 32.0 Å². The van der Waals surface area contributed by atoms with Gasteiger partial charge in [0, 0.05) is 47.0 Å². The number of H-pyrrole nitrogens is 1. The number of ether oxygens (including phenoxy) is 3. The zero-order chi connectivity index (χ0) is 24.1. The first kappa shape index (κ1) is 22.4. The second kappa shape index (κ2) is 9.77. The molecule has 0 aliphatic rings. The Labute approximate surface area is 195 Å². The van der Waals surface area contributed by atoms with E-state index in [1.165, 1.54) is 6.21 Å². The maximum atomic E-state index is 7.83.